The Hall–Kier alpha value is -1.68. The number of thiocyanates is 1. The van der Waals surface area contributed by atoms with E-state index < -0.39 is 11.2 Å². The van der Waals surface area contributed by atoms with Crippen molar-refractivity contribution in [1.29, 1.82) is 5.26 Å². The van der Waals surface area contributed by atoms with Crippen LogP contribution in [0.15, 0.2) is 14.5 Å². The molecule has 1 aromatic rings. The van der Waals surface area contributed by atoms with Gasteiger partial charge in [-0.2, -0.15) is 5.26 Å². The molecule has 0 spiro atoms. The van der Waals surface area contributed by atoms with Crippen molar-refractivity contribution in [3.63, 3.8) is 0 Å². The zero-order valence-electron chi connectivity index (χ0n) is 6.70. The van der Waals surface area contributed by atoms with E-state index in [9.17, 15) is 9.59 Å². The lowest BCUT2D eigenvalue weighted by Gasteiger charge is -2.03. The summed E-state index contributed by atoms with van der Waals surface area (Å²) in [7, 11) is 1.41. The first-order valence-corrected chi connectivity index (χ1v) is 4.04. The number of nitrogen functional groups attached to an aromatic ring is 1. The molecule has 0 radical (unpaired) electrons. The zero-order valence-corrected chi connectivity index (χ0v) is 7.51. The number of nitrogens with one attached hydrogen (secondary N) is 1. The highest BCUT2D eigenvalue weighted by Gasteiger charge is 2.09. The van der Waals surface area contributed by atoms with E-state index in [0.717, 1.165) is 4.57 Å². The average molecular weight is 198 g/mol. The number of nitrogens with two attached hydrogens (primary N) is 1. The Balaban J connectivity index is 3.55. The normalized spacial score (nSPS) is 9.54. The summed E-state index contributed by atoms with van der Waals surface area (Å²) in [4.78, 5) is 24.1. The van der Waals surface area contributed by atoms with Crippen LogP contribution in [0.1, 0.15) is 0 Å². The Morgan fingerprint density at radius 3 is 2.77 bits per heavy atom. The van der Waals surface area contributed by atoms with Gasteiger partial charge in [0.05, 0.1) is 0 Å². The van der Waals surface area contributed by atoms with Crippen molar-refractivity contribution in [2.45, 2.75) is 4.90 Å². The van der Waals surface area contributed by atoms with Crippen molar-refractivity contribution < 1.29 is 0 Å². The highest BCUT2D eigenvalue weighted by Crippen LogP contribution is 2.16. The van der Waals surface area contributed by atoms with E-state index in [2.05, 4.69) is 0 Å². The molecular formula is C6H6N4O2S. The molecule has 0 saturated heterocycles. The summed E-state index contributed by atoms with van der Waals surface area (Å²) in [6.45, 7) is 0. The molecule has 68 valence electrons. The van der Waals surface area contributed by atoms with Gasteiger partial charge in [0.1, 0.15) is 16.1 Å². The van der Waals surface area contributed by atoms with Gasteiger partial charge in [-0.25, -0.2) is 4.79 Å². The van der Waals surface area contributed by atoms with Crippen molar-refractivity contribution in [1.82, 2.24) is 9.55 Å². The average Bonchev–Trinajstić information content (AvgIpc) is 2.09. The fraction of sp³-hybridized carbons (Fsp3) is 0.167. The number of nitriles is 1. The van der Waals surface area contributed by atoms with E-state index in [0.29, 0.717) is 11.8 Å². The minimum absolute atomic E-state index is 0.000278. The molecule has 1 heterocycles. The van der Waals surface area contributed by atoms with E-state index in [4.69, 9.17) is 11.0 Å². The second-order valence-electron chi connectivity index (χ2n) is 2.23. The fourth-order valence-electron chi connectivity index (χ4n) is 0.760. The van der Waals surface area contributed by atoms with Crippen molar-refractivity contribution in [3.05, 3.63) is 20.8 Å². The molecule has 0 saturated carbocycles. The molecule has 3 N–H and O–H groups in total. The topological polar surface area (TPSA) is 105 Å². The van der Waals surface area contributed by atoms with Crippen molar-refractivity contribution in [3.8, 4) is 5.40 Å². The Morgan fingerprint density at radius 1 is 1.62 bits per heavy atom. The van der Waals surface area contributed by atoms with Crippen molar-refractivity contribution >= 4 is 17.6 Å². The molecular weight excluding hydrogens is 192 g/mol. The van der Waals surface area contributed by atoms with Crippen LogP contribution in [0.3, 0.4) is 0 Å². The van der Waals surface area contributed by atoms with Crippen molar-refractivity contribution in [2.75, 3.05) is 5.73 Å². The van der Waals surface area contributed by atoms with Gasteiger partial charge < -0.3 is 5.73 Å². The predicted molar refractivity (Wildman–Crippen MR) is 48.2 cm³/mol. The summed E-state index contributed by atoms with van der Waals surface area (Å²) in [6, 6.07) is 0. The van der Waals surface area contributed by atoms with E-state index in [1.807, 2.05) is 4.98 Å². The fourth-order valence-corrected chi connectivity index (χ4v) is 1.24. The number of rotatable bonds is 1. The Labute approximate surface area is 77.0 Å². The summed E-state index contributed by atoms with van der Waals surface area (Å²) in [5.41, 5.74) is 4.22. The van der Waals surface area contributed by atoms with Crippen LogP contribution in [0.2, 0.25) is 0 Å². The van der Waals surface area contributed by atoms with Crippen LogP contribution in [0.4, 0.5) is 5.82 Å². The molecule has 0 fully saturated rings. The first kappa shape index (κ1) is 9.41. The van der Waals surface area contributed by atoms with E-state index in [1.54, 1.807) is 5.40 Å². The van der Waals surface area contributed by atoms with Crippen molar-refractivity contribution in [2.24, 2.45) is 7.05 Å². The van der Waals surface area contributed by atoms with Gasteiger partial charge in [-0.05, 0) is 11.8 Å². The van der Waals surface area contributed by atoms with Gasteiger partial charge in [0.25, 0.3) is 5.56 Å². The van der Waals surface area contributed by atoms with E-state index in [-0.39, 0.29) is 10.7 Å². The van der Waals surface area contributed by atoms with Gasteiger partial charge in [0.15, 0.2) is 0 Å². The molecule has 0 aliphatic heterocycles. The number of hydrogen-bond donors (Lipinski definition) is 2. The molecule has 0 bridgehead atoms. The van der Waals surface area contributed by atoms with Crippen LogP contribution >= 0.6 is 11.8 Å². The number of anilines is 1. The lowest BCUT2D eigenvalue weighted by Crippen LogP contribution is -2.31. The first-order valence-electron chi connectivity index (χ1n) is 3.22. The number of aromatic nitrogens is 2. The molecule has 0 amide bonds. The van der Waals surface area contributed by atoms with Crippen LogP contribution in [-0.2, 0) is 7.05 Å². The van der Waals surface area contributed by atoms with E-state index in [1.165, 1.54) is 7.05 Å². The molecule has 6 nitrogen and oxygen atoms in total. The van der Waals surface area contributed by atoms with Gasteiger partial charge in [-0.15, -0.1) is 0 Å². The molecule has 0 aromatic carbocycles. The molecule has 0 aliphatic carbocycles. The molecule has 1 rings (SSSR count). The minimum Gasteiger partial charge on any atom is -0.384 e. The molecule has 0 aliphatic rings. The Kier molecular flexibility index (Phi) is 2.44. The van der Waals surface area contributed by atoms with Crippen LogP contribution in [0.5, 0.6) is 0 Å². The number of H-pyrrole nitrogens is 1. The highest BCUT2D eigenvalue weighted by atomic mass is 32.2. The lowest BCUT2D eigenvalue weighted by atomic mass is 10.5. The maximum absolute atomic E-state index is 11.1. The van der Waals surface area contributed by atoms with E-state index >= 15 is 0 Å². The second kappa shape index (κ2) is 3.37. The predicted octanol–water partition coefficient (Wildman–Crippen LogP) is -0.771. The van der Waals surface area contributed by atoms with Crippen LogP contribution in [0.25, 0.3) is 0 Å². The monoisotopic (exact) mass is 198 g/mol. The molecule has 0 unspecified atom stereocenters. The quantitative estimate of drug-likeness (QED) is 0.455. The van der Waals surface area contributed by atoms with Crippen LogP contribution < -0.4 is 17.0 Å². The van der Waals surface area contributed by atoms with Crippen LogP contribution in [-0.4, -0.2) is 9.55 Å². The number of aromatic amines is 1. The maximum atomic E-state index is 11.1. The molecule has 13 heavy (non-hydrogen) atoms. The molecule has 0 atom stereocenters. The third-order valence-electron chi connectivity index (χ3n) is 1.47. The van der Waals surface area contributed by atoms with Gasteiger partial charge in [-0.1, -0.05) is 0 Å². The minimum atomic E-state index is -0.632. The smallest absolute Gasteiger partial charge is 0.329 e. The zero-order chi connectivity index (χ0) is 10.0. The largest absolute Gasteiger partial charge is 0.384 e. The summed E-state index contributed by atoms with van der Waals surface area (Å²) >= 11 is 0.628. The summed E-state index contributed by atoms with van der Waals surface area (Å²) in [5.74, 6) is 0.000278. The second-order valence-corrected chi connectivity index (χ2v) is 3.02. The van der Waals surface area contributed by atoms with Gasteiger partial charge in [0, 0.05) is 7.05 Å². The van der Waals surface area contributed by atoms with Crippen LogP contribution in [0, 0.1) is 10.7 Å². The Bertz CT molecular complexity index is 481. The molecule has 1 aromatic heterocycles. The number of hydrogen-bond acceptors (Lipinski definition) is 5. The van der Waals surface area contributed by atoms with Gasteiger partial charge in [0.2, 0.25) is 0 Å². The first-order chi connectivity index (χ1) is 6.07. The molecule has 7 heteroatoms. The van der Waals surface area contributed by atoms with Gasteiger partial charge >= 0.3 is 5.69 Å². The maximum Gasteiger partial charge on any atom is 0.329 e. The third kappa shape index (κ3) is 1.57. The summed E-state index contributed by atoms with van der Waals surface area (Å²) < 4.78 is 1.07. The summed E-state index contributed by atoms with van der Waals surface area (Å²) in [6.07, 6.45) is 0. The third-order valence-corrected chi connectivity index (χ3v) is 2.16. The SMILES string of the molecule is Cn1c(N)c(SC#N)c(=O)[nH]c1=O. The summed E-state index contributed by atoms with van der Waals surface area (Å²) in [5, 5.41) is 10.1. The van der Waals surface area contributed by atoms with Gasteiger partial charge in [-0.3, -0.25) is 14.3 Å². The number of nitrogens with zero attached hydrogens (tertiary/aromatic N) is 2. The Morgan fingerprint density at radius 2 is 2.23 bits per heavy atom. The number of thioether (sulfide) groups is 1. The lowest BCUT2D eigenvalue weighted by molar-refractivity contribution is 0.788. The standard InChI is InChI=1S/C6H6N4O2S/c1-10-4(8)3(13-2-7)5(11)9-6(10)12/h8H2,1H3,(H,9,11,12). The highest BCUT2D eigenvalue weighted by molar-refractivity contribution is 8.03.